The van der Waals surface area contributed by atoms with Crippen molar-refractivity contribution in [2.75, 3.05) is 58.9 Å². The summed E-state index contributed by atoms with van der Waals surface area (Å²) in [4.78, 5) is 20.4. The SMILES string of the molecule is CSc1ccc(C2(C(=O)C(C)N3CCOCC3)C=CC=CC2(C)N2CCOCC2)cc1. The lowest BCUT2D eigenvalue weighted by molar-refractivity contribution is -0.135. The van der Waals surface area contributed by atoms with Gasteiger partial charge in [-0.1, -0.05) is 36.4 Å². The Morgan fingerprint density at radius 2 is 1.55 bits per heavy atom. The second kappa shape index (κ2) is 9.59. The maximum atomic E-state index is 14.5. The topological polar surface area (TPSA) is 42.0 Å². The number of benzene rings is 1. The molecule has 2 saturated heterocycles. The summed E-state index contributed by atoms with van der Waals surface area (Å²) >= 11 is 1.72. The molecule has 3 aliphatic rings. The predicted molar refractivity (Wildman–Crippen MR) is 126 cm³/mol. The number of carbonyl (C=O) groups excluding carboxylic acids is 1. The molecule has 6 heteroatoms. The summed E-state index contributed by atoms with van der Waals surface area (Å²) in [6, 6.07) is 8.39. The van der Waals surface area contributed by atoms with Gasteiger partial charge in [-0.25, -0.2) is 0 Å². The number of Topliss-reactive ketones (excluding diaryl/α,β-unsaturated/α-hetero) is 1. The number of ether oxygens (including phenoxy) is 2. The summed E-state index contributed by atoms with van der Waals surface area (Å²) in [7, 11) is 0. The van der Waals surface area contributed by atoms with E-state index in [9.17, 15) is 4.79 Å². The molecular weight excluding hydrogens is 408 g/mol. The minimum Gasteiger partial charge on any atom is -0.379 e. The van der Waals surface area contributed by atoms with Gasteiger partial charge >= 0.3 is 0 Å². The molecule has 0 radical (unpaired) electrons. The van der Waals surface area contributed by atoms with Gasteiger partial charge in [-0.15, -0.1) is 11.8 Å². The highest BCUT2D eigenvalue weighted by molar-refractivity contribution is 7.98. The minimum absolute atomic E-state index is 0.194. The summed E-state index contributed by atoms with van der Waals surface area (Å²) in [6.45, 7) is 10.3. The Morgan fingerprint density at radius 3 is 2.16 bits per heavy atom. The van der Waals surface area contributed by atoms with Crippen LogP contribution in [0.25, 0.3) is 0 Å². The molecule has 2 aliphatic heterocycles. The predicted octanol–water partition coefficient (Wildman–Crippen LogP) is 3.15. The Morgan fingerprint density at radius 1 is 0.968 bits per heavy atom. The highest BCUT2D eigenvalue weighted by Gasteiger charge is 2.57. The van der Waals surface area contributed by atoms with Gasteiger partial charge in [0.2, 0.25) is 0 Å². The molecule has 4 rings (SSSR count). The van der Waals surface area contributed by atoms with Crippen LogP contribution in [-0.2, 0) is 19.7 Å². The van der Waals surface area contributed by atoms with E-state index in [1.54, 1.807) is 11.8 Å². The molecule has 168 valence electrons. The monoisotopic (exact) mass is 442 g/mol. The van der Waals surface area contributed by atoms with E-state index in [4.69, 9.17) is 9.47 Å². The third kappa shape index (κ3) is 4.05. The second-order valence-electron chi connectivity index (χ2n) is 8.69. The molecule has 2 heterocycles. The number of nitrogens with zero attached hydrogens (tertiary/aromatic N) is 2. The first-order chi connectivity index (χ1) is 15.0. The molecule has 1 aromatic rings. The van der Waals surface area contributed by atoms with E-state index in [-0.39, 0.29) is 11.8 Å². The van der Waals surface area contributed by atoms with E-state index in [2.05, 4.69) is 78.5 Å². The number of allylic oxidation sites excluding steroid dienone is 2. The lowest BCUT2D eigenvalue weighted by atomic mass is 9.59. The van der Waals surface area contributed by atoms with Crippen molar-refractivity contribution < 1.29 is 14.3 Å². The fourth-order valence-corrected chi connectivity index (χ4v) is 5.71. The maximum absolute atomic E-state index is 14.5. The number of thioether (sulfide) groups is 1. The van der Waals surface area contributed by atoms with Crippen LogP contribution in [0.4, 0.5) is 0 Å². The van der Waals surface area contributed by atoms with Crippen molar-refractivity contribution in [3.8, 4) is 0 Å². The number of carbonyl (C=O) groups is 1. The van der Waals surface area contributed by atoms with E-state index in [0.29, 0.717) is 26.4 Å². The first kappa shape index (κ1) is 22.7. The zero-order valence-corrected chi connectivity index (χ0v) is 19.7. The number of rotatable bonds is 6. The van der Waals surface area contributed by atoms with Crippen LogP contribution in [0.2, 0.25) is 0 Å². The number of morpholine rings is 2. The van der Waals surface area contributed by atoms with Crippen LogP contribution in [-0.4, -0.2) is 86.0 Å². The Balaban J connectivity index is 1.82. The molecule has 3 atom stereocenters. The third-order valence-electron chi connectivity index (χ3n) is 7.25. The molecule has 2 fully saturated rings. The van der Waals surface area contributed by atoms with Gasteiger partial charge in [0.25, 0.3) is 0 Å². The van der Waals surface area contributed by atoms with E-state index in [0.717, 1.165) is 31.7 Å². The zero-order valence-electron chi connectivity index (χ0n) is 18.9. The molecule has 5 nitrogen and oxygen atoms in total. The normalized spacial score (nSPS) is 30.9. The average molecular weight is 443 g/mol. The van der Waals surface area contributed by atoms with Gasteiger partial charge in [0.05, 0.1) is 43.4 Å². The number of hydrogen-bond donors (Lipinski definition) is 0. The van der Waals surface area contributed by atoms with E-state index >= 15 is 0 Å². The van der Waals surface area contributed by atoms with Gasteiger partial charge in [-0.2, -0.15) is 0 Å². The van der Waals surface area contributed by atoms with Gasteiger partial charge in [-0.05, 0) is 37.8 Å². The zero-order chi connectivity index (χ0) is 21.9. The molecule has 0 bridgehead atoms. The van der Waals surface area contributed by atoms with Gasteiger partial charge < -0.3 is 9.47 Å². The van der Waals surface area contributed by atoms with Crippen LogP contribution in [0.15, 0.2) is 53.5 Å². The molecule has 0 N–H and O–H groups in total. The van der Waals surface area contributed by atoms with Gasteiger partial charge in [0.1, 0.15) is 0 Å². The average Bonchev–Trinajstić information content (AvgIpc) is 2.84. The van der Waals surface area contributed by atoms with E-state index in [1.165, 1.54) is 4.90 Å². The molecule has 1 aliphatic carbocycles. The lowest BCUT2D eigenvalue weighted by Crippen LogP contribution is -2.67. The number of ketones is 1. The summed E-state index contributed by atoms with van der Waals surface area (Å²) in [5.41, 5.74) is -0.178. The number of hydrogen-bond acceptors (Lipinski definition) is 6. The van der Waals surface area contributed by atoms with Crippen molar-refractivity contribution in [1.29, 1.82) is 0 Å². The highest BCUT2D eigenvalue weighted by atomic mass is 32.2. The molecular formula is C25H34N2O3S. The van der Waals surface area contributed by atoms with Crippen molar-refractivity contribution in [2.45, 2.75) is 35.7 Å². The largest absolute Gasteiger partial charge is 0.379 e. The van der Waals surface area contributed by atoms with E-state index in [1.807, 2.05) is 0 Å². The van der Waals surface area contributed by atoms with Crippen molar-refractivity contribution >= 4 is 17.5 Å². The summed E-state index contributed by atoms with van der Waals surface area (Å²) in [5.74, 6) is 0.251. The lowest BCUT2D eigenvalue weighted by Gasteiger charge is -2.54. The van der Waals surface area contributed by atoms with E-state index < -0.39 is 11.0 Å². The Hall–Kier alpha value is -1.44. The van der Waals surface area contributed by atoms with Crippen LogP contribution < -0.4 is 0 Å². The Kier molecular flexibility index (Phi) is 7.04. The minimum atomic E-state index is -0.770. The van der Waals surface area contributed by atoms with Crippen molar-refractivity contribution in [1.82, 2.24) is 9.80 Å². The molecule has 0 spiro atoms. The molecule has 31 heavy (non-hydrogen) atoms. The van der Waals surface area contributed by atoms with Crippen LogP contribution >= 0.6 is 11.8 Å². The summed E-state index contributed by atoms with van der Waals surface area (Å²) < 4.78 is 11.2. The Labute approximate surface area is 190 Å². The smallest absolute Gasteiger partial charge is 0.166 e. The first-order valence-corrected chi connectivity index (χ1v) is 12.5. The first-order valence-electron chi connectivity index (χ1n) is 11.2. The van der Waals surface area contributed by atoms with Gasteiger partial charge in [-0.3, -0.25) is 14.6 Å². The van der Waals surface area contributed by atoms with Crippen molar-refractivity contribution in [3.05, 3.63) is 54.1 Å². The Bertz CT molecular complexity index is 828. The van der Waals surface area contributed by atoms with Crippen LogP contribution in [0, 0.1) is 0 Å². The fourth-order valence-electron chi connectivity index (χ4n) is 5.30. The van der Waals surface area contributed by atoms with Crippen molar-refractivity contribution in [3.63, 3.8) is 0 Å². The van der Waals surface area contributed by atoms with Gasteiger partial charge in [0.15, 0.2) is 5.78 Å². The second-order valence-corrected chi connectivity index (χ2v) is 9.57. The molecule has 0 aromatic heterocycles. The fraction of sp³-hybridized carbons (Fsp3) is 0.560. The summed E-state index contributed by atoms with van der Waals surface area (Å²) in [5, 5.41) is 0. The molecule has 0 saturated carbocycles. The third-order valence-corrected chi connectivity index (χ3v) is 7.99. The maximum Gasteiger partial charge on any atom is 0.166 e. The van der Waals surface area contributed by atoms with Gasteiger partial charge in [0, 0.05) is 31.1 Å². The quantitative estimate of drug-likeness (QED) is 0.631. The molecule has 3 unspecified atom stereocenters. The standard InChI is InChI=1S/C25H34N2O3S/c1-20(26-12-16-29-17-13-26)23(28)25(21-6-8-22(31-3)9-7-21)11-5-4-10-24(25,2)27-14-18-30-19-15-27/h4-11,20H,12-19H2,1-3H3. The van der Waals surface area contributed by atoms with Crippen LogP contribution in [0.3, 0.4) is 0 Å². The highest BCUT2D eigenvalue weighted by Crippen LogP contribution is 2.46. The summed E-state index contributed by atoms with van der Waals surface area (Å²) in [6.07, 6.45) is 10.6. The van der Waals surface area contributed by atoms with Crippen LogP contribution in [0.1, 0.15) is 19.4 Å². The molecule has 1 aromatic carbocycles. The van der Waals surface area contributed by atoms with Crippen LogP contribution in [0.5, 0.6) is 0 Å². The molecule has 0 amide bonds. The van der Waals surface area contributed by atoms with Crippen molar-refractivity contribution in [2.24, 2.45) is 0 Å².